The summed E-state index contributed by atoms with van der Waals surface area (Å²) in [6, 6.07) is 16.7. The second-order valence-electron chi connectivity index (χ2n) is 19.8. The fourth-order valence-electron chi connectivity index (χ4n) is 8.11. The quantitative estimate of drug-likeness (QED) is 0.115. The second-order valence-corrected chi connectivity index (χ2v) is 20.7. The molecule has 1 saturated heterocycles. The molecule has 1 aliphatic rings. The van der Waals surface area contributed by atoms with Crippen molar-refractivity contribution in [3.8, 4) is 33.4 Å². The molecule has 10 aromatic rings. The van der Waals surface area contributed by atoms with Gasteiger partial charge in [0.2, 0.25) is 0 Å². The Kier molecular flexibility index (Phi) is 16.5. The molecule has 8 aromatic heterocycles. The molecule has 386 valence electrons. The Morgan fingerprint density at radius 3 is 1.73 bits per heavy atom. The zero-order chi connectivity index (χ0) is 53.6. The number of furan rings is 1. The molecule has 1 aliphatic heterocycles. The van der Waals surface area contributed by atoms with Gasteiger partial charge in [0.15, 0.2) is 0 Å². The molecular weight excluding hydrogens is 1010 g/mol. The van der Waals surface area contributed by atoms with Crippen LogP contribution in [0.5, 0.6) is 0 Å². The lowest BCUT2D eigenvalue weighted by Gasteiger charge is -2.32. The number of aromatic nitrogens is 11. The Hall–Kier alpha value is -7.42. The van der Waals surface area contributed by atoms with Crippen molar-refractivity contribution in [2.45, 2.75) is 84.7 Å². The van der Waals surface area contributed by atoms with Crippen LogP contribution in [0, 0.1) is 6.92 Å². The number of pyridine rings is 3. The van der Waals surface area contributed by atoms with Crippen molar-refractivity contribution in [2.75, 3.05) is 5.32 Å². The first kappa shape index (κ1) is 53.9. The van der Waals surface area contributed by atoms with E-state index in [4.69, 9.17) is 25.2 Å². The van der Waals surface area contributed by atoms with Gasteiger partial charge in [0, 0.05) is 156 Å². The minimum absolute atomic E-state index is 0.00845. The topological polar surface area (TPSA) is 214 Å². The summed E-state index contributed by atoms with van der Waals surface area (Å²) in [6.45, 7) is 16.2. The molecule has 9 heterocycles. The highest BCUT2D eigenvalue weighted by atomic mass is 79.9. The summed E-state index contributed by atoms with van der Waals surface area (Å²) >= 11 is 3.31. The second kappa shape index (κ2) is 23.0. The van der Waals surface area contributed by atoms with E-state index in [1.165, 1.54) is 0 Å². The van der Waals surface area contributed by atoms with Crippen LogP contribution in [0.15, 0.2) is 150 Å². The largest absolute Gasteiger partial charge is 0.498 e. The van der Waals surface area contributed by atoms with Gasteiger partial charge in [-0.3, -0.25) is 39.0 Å². The molecule has 0 spiro atoms. The maximum Gasteiger partial charge on any atom is 0.498 e. The summed E-state index contributed by atoms with van der Waals surface area (Å²) in [6.07, 6.45) is 27.5. The first-order valence-corrected chi connectivity index (χ1v) is 25.4. The van der Waals surface area contributed by atoms with E-state index in [2.05, 4.69) is 106 Å². The van der Waals surface area contributed by atoms with E-state index in [1.54, 1.807) is 57.5 Å². The van der Waals surface area contributed by atoms with E-state index in [0.29, 0.717) is 0 Å². The minimum atomic E-state index is -0.302. The van der Waals surface area contributed by atoms with E-state index in [1.807, 2.05) is 130 Å². The number of nitrogens with one attached hydrogen (secondary N) is 1. The van der Waals surface area contributed by atoms with Crippen LogP contribution in [-0.4, -0.2) is 72.6 Å². The van der Waals surface area contributed by atoms with Crippen LogP contribution in [0.4, 0.5) is 5.69 Å². The molecule has 75 heavy (non-hydrogen) atoms. The van der Waals surface area contributed by atoms with E-state index >= 15 is 0 Å². The molecule has 0 unspecified atom stereocenters. The van der Waals surface area contributed by atoms with Crippen molar-refractivity contribution in [2.24, 2.45) is 32.6 Å². The van der Waals surface area contributed by atoms with Crippen LogP contribution in [0.1, 0.15) is 88.8 Å². The number of rotatable bonds is 9. The lowest BCUT2D eigenvalue weighted by Crippen LogP contribution is -2.41. The van der Waals surface area contributed by atoms with Gasteiger partial charge in [-0.2, -0.15) is 15.3 Å². The molecule has 2 aromatic carbocycles. The SMILES string of the molecule is C[C@H](N)c1cncc(-c2cnn(C)c2)c1.C[C@H](N)c1cncc(Br)c1.Cc1coc2ccc(-c3cc(N[C@@H](C)c4cncc(-c5cnn(C)c5)c4)cc4nccnc34)cc12.Cn1cc(B2OC(C)(C)C(C)(C)O2)cn1. The van der Waals surface area contributed by atoms with Crippen LogP contribution < -0.4 is 22.2 Å². The van der Waals surface area contributed by atoms with Crippen molar-refractivity contribution < 1.29 is 13.7 Å². The zero-order valence-corrected chi connectivity index (χ0v) is 45.9. The summed E-state index contributed by atoms with van der Waals surface area (Å²) in [5.41, 5.74) is 26.0. The van der Waals surface area contributed by atoms with Crippen molar-refractivity contribution in [1.29, 1.82) is 0 Å². The number of anilines is 1. The summed E-state index contributed by atoms with van der Waals surface area (Å²) in [4.78, 5) is 21.9. The molecule has 0 aliphatic carbocycles. The molecule has 17 nitrogen and oxygen atoms in total. The molecule has 19 heteroatoms. The summed E-state index contributed by atoms with van der Waals surface area (Å²) in [5, 5.41) is 17.3. The zero-order valence-electron chi connectivity index (χ0n) is 44.3. The van der Waals surface area contributed by atoms with Crippen molar-refractivity contribution in [1.82, 2.24) is 54.3 Å². The number of benzene rings is 2. The molecule has 1 fully saturated rings. The van der Waals surface area contributed by atoms with E-state index in [9.17, 15) is 0 Å². The molecule has 0 saturated carbocycles. The van der Waals surface area contributed by atoms with Crippen LogP contribution >= 0.6 is 15.9 Å². The van der Waals surface area contributed by atoms with Gasteiger partial charge in [0.1, 0.15) is 5.58 Å². The predicted octanol–water partition coefficient (Wildman–Crippen LogP) is 10.4. The molecule has 11 rings (SSSR count). The standard InChI is InChI=1S/C28H24N6O.C11H14N4.C10H17BN2O2.C7H9BrN2/c1-17-16-35-27-5-4-19(9-24(17)27)25-10-23(11-26-28(25)31-7-6-30-26)33-18(2)20-8-21(13-29-12-20)22-14-32-34(3)15-22;1-8(12)9-3-10(5-13-4-9)11-6-14-15(2)7-11;1-9(2)10(3,4)15-11(14-9)8-6-12-13(5)7-8;1-5(9)6-2-7(8)4-10-3-6/h4-16,18,33H,1-3H3;3-8H,12H2,1-2H3;6-7H,1-5H3;2-5H,9H2,1H3/t18-;8-;;5-/m00.0/s1. The molecule has 0 amide bonds. The fraction of sp³-hybridized carbons (Fsp3) is 0.286. The van der Waals surface area contributed by atoms with Gasteiger partial charge in [0.05, 0.1) is 46.9 Å². The number of hydrogen-bond acceptors (Lipinski definition) is 14. The third kappa shape index (κ3) is 13.1. The van der Waals surface area contributed by atoms with Crippen molar-refractivity contribution in [3.63, 3.8) is 0 Å². The monoisotopic (exact) mass is 1070 g/mol. The first-order chi connectivity index (χ1) is 35.7. The lowest BCUT2D eigenvalue weighted by molar-refractivity contribution is 0.00578. The van der Waals surface area contributed by atoms with Crippen molar-refractivity contribution in [3.05, 3.63) is 168 Å². The van der Waals surface area contributed by atoms with Crippen LogP contribution in [0.3, 0.4) is 0 Å². The maximum absolute atomic E-state index is 5.89. The highest BCUT2D eigenvalue weighted by Crippen LogP contribution is 2.37. The lowest BCUT2D eigenvalue weighted by atomic mass is 9.82. The minimum Gasteiger partial charge on any atom is -0.464 e. The van der Waals surface area contributed by atoms with Gasteiger partial charge in [-0.15, -0.1) is 0 Å². The van der Waals surface area contributed by atoms with E-state index in [0.717, 1.165) is 93.3 Å². The molecule has 3 atom stereocenters. The molecule has 0 bridgehead atoms. The summed E-state index contributed by atoms with van der Waals surface area (Å²) in [7, 11) is 5.39. The molecular formula is C56H64BBrN14O3. The third-order valence-corrected chi connectivity index (χ3v) is 13.6. The van der Waals surface area contributed by atoms with Crippen LogP contribution in [-0.2, 0) is 30.5 Å². The van der Waals surface area contributed by atoms with Gasteiger partial charge >= 0.3 is 7.12 Å². The number of halogens is 1. The first-order valence-electron chi connectivity index (χ1n) is 24.6. The van der Waals surface area contributed by atoms with Gasteiger partial charge in [0.25, 0.3) is 0 Å². The number of hydrogen-bond donors (Lipinski definition) is 3. The smallest absolute Gasteiger partial charge is 0.464 e. The van der Waals surface area contributed by atoms with Crippen LogP contribution in [0.2, 0.25) is 0 Å². The number of nitrogens with two attached hydrogens (primary N) is 2. The van der Waals surface area contributed by atoms with Gasteiger partial charge in [-0.25, -0.2) is 0 Å². The Labute approximate surface area is 446 Å². The Morgan fingerprint density at radius 2 is 1.17 bits per heavy atom. The average molecular weight is 1070 g/mol. The van der Waals surface area contributed by atoms with Crippen molar-refractivity contribution >= 4 is 56.2 Å². The Bertz CT molecular complexity index is 3510. The number of nitrogens with zero attached hydrogens (tertiary/aromatic N) is 11. The van der Waals surface area contributed by atoms with E-state index < -0.39 is 0 Å². The maximum atomic E-state index is 5.89. The highest BCUT2D eigenvalue weighted by molar-refractivity contribution is 9.10. The normalized spacial score (nSPS) is 14.7. The average Bonchev–Trinajstić information content (AvgIpc) is 4.24. The number of fused-ring (bicyclic) bond motifs is 2. The third-order valence-electron chi connectivity index (χ3n) is 13.2. The highest BCUT2D eigenvalue weighted by Gasteiger charge is 2.52. The Morgan fingerprint density at radius 1 is 0.613 bits per heavy atom. The summed E-state index contributed by atoms with van der Waals surface area (Å²) < 4.78 is 23.7. The molecule has 5 N–H and O–H groups in total. The van der Waals surface area contributed by atoms with E-state index in [-0.39, 0.29) is 36.4 Å². The summed E-state index contributed by atoms with van der Waals surface area (Å²) in [5.74, 6) is 0. The van der Waals surface area contributed by atoms with Gasteiger partial charge in [-0.1, -0.05) is 6.07 Å². The Balaban J connectivity index is 0.000000154. The molecule has 0 radical (unpaired) electrons. The fourth-order valence-corrected chi connectivity index (χ4v) is 8.49. The van der Waals surface area contributed by atoms with Gasteiger partial charge in [-0.05, 0) is 142 Å². The van der Waals surface area contributed by atoms with Gasteiger partial charge < -0.3 is 30.5 Å². The number of aryl methyl sites for hydroxylation is 4. The van der Waals surface area contributed by atoms with Crippen LogP contribution in [0.25, 0.3) is 55.4 Å². The predicted molar refractivity (Wildman–Crippen MR) is 300 cm³/mol.